The van der Waals surface area contributed by atoms with Gasteiger partial charge in [0.1, 0.15) is 4.90 Å². The highest BCUT2D eigenvalue weighted by Crippen LogP contribution is 2.29. The lowest BCUT2D eigenvalue weighted by molar-refractivity contribution is 0.376. The Labute approximate surface area is 139 Å². The van der Waals surface area contributed by atoms with Gasteiger partial charge < -0.3 is 5.32 Å². The molecule has 120 valence electrons. The van der Waals surface area contributed by atoms with Gasteiger partial charge in [0, 0.05) is 6.54 Å². The molecule has 1 unspecified atom stereocenters. The van der Waals surface area contributed by atoms with E-state index < -0.39 is 20.9 Å². The van der Waals surface area contributed by atoms with Gasteiger partial charge in [-0.1, -0.05) is 23.2 Å². The molecule has 0 radical (unpaired) electrons. The van der Waals surface area contributed by atoms with E-state index in [0.717, 1.165) is 25.9 Å². The SMILES string of the molecule is Cl.O=S(=O)(NCC1CCCNC1)c1ccc(Cl)c(F)c1Cl. The molecule has 21 heavy (non-hydrogen) atoms. The van der Waals surface area contributed by atoms with Crippen molar-refractivity contribution in [2.75, 3.05) is 19.6 Å². The summed E-state index contributed by atoms with van der Waals surface area (Å²) < 4.78 is 40.3. The van der Waals surface area contributed by atoms with Crippen LogP contribution in [0.2, 0.25) is 10.0 Å². The van der Waals surface area contributed by atoms with Crippen LogP contribution in [0.15, 0.2) is 17.0 Å². The minimum absolute atomic E-state index is 0. The number of hydrogen-bond donors (Lipinski definition) is 2. The Hall–Kier alpha value is -0.110. The molecule has 1 atom stereocenters. The molecular formula is C12H16Cl3FN2O2S. The van der Waals surface area contributed by atoms with Gasteiger partial charge in [0.05, 0.1) is 10.0 Å². The molecule has 1 aromatic carbocycles. The second-order valence-electron chi connectivity index (χ2n) is 4.74. The quantitative estimate of drug-likeness (QED) is 0.793. The Morgan fingerprint density at radius 3 is 2.71 bits per heavy atom. The number of benzene rings is 1. The first-order valence-electron chi connectivity index (χ1n) is 6.25. The number of halogens is 4. The number of rotatable bonds is 4. The number of nitrogens with one attached hydrogen (secondary N) is 2. The molecule has 0 bridgehead atoms. The highest BCUT2D eigenvalue weighted by atomic mass is 35.5. The summed E-state index contributed by atoms with van der Waals surface area (Å²) in [6.45, 7) is 2.03. The average molecular weight is 378 g/mol. The summed E-state index contributed by atoms with van der Waals surface area (Å²) in [5.74, 6) is -0.690. The van der Waals surface area contributed by atoms with Crippen molar-refractivity contribution < 1.29 is 12.8 Å². The monoisotopic (exact) mass is 376 g/mol. The van der Waals surface area contributed by atoms with Crippen LogP contribution in [0.1, 0.15) is 12.8 Å². The molecule has 1 heterocycles. The minimum Gasteiger partial charge on any atom is -0.316 e. The average Bonchev–Trinajstić information content (AvgIpc) is 2.44. The van der Waals surface area contributed by atoms with Crippen LogP contribution >= 0.6 is 35.6 Å². The molecule has 1 saturated heterocycles. The summed E-state index contributed by atoms with van der Waals surface area (Å²) >= 11 is 11.3. The fraction of sp³-hybridized carbons (Fsp3) is 0.500. The van der Waals surface area contributed by atoms with E-state index >= 15 is 0 Å². The van der Waals surface area contributed by atoms with E-state index in [4.69, 9.17) is 23.2 Å². The molecule has 0 aromatic heterocycles. The van der Waals surface area contributed by atoms with Gasteiger partial charge in [0.15, 0.2) is 5.82 Å². The van der Waals surface area contributed by atoms with E-state index in [1.165, 1.54) is 12.1 Å². The predicted octanol–water partition coefficient (Wildman–Crippen LogP) is 2.83. The van der Waals surface area contributed by atoms with E-state index in [9.17, 15) is 12.8 Å². The van der Waals surface area contributed by atoms with Crippen LogP contribution in [0.5, 0.6) is 0 Å². The lowest BCUT2D eigenvalue weighted by atomic mass is 10.0. The van der Waals surface area contributed by atoms with Crippen molar-refractivity contribution in [1.82, 2.24) is 10.0 Å². The van der Waals surface area contributed by atoms with Gasteiger partial charge in [-0.15, -0.1) is 12.4 Å². The Morgan fingerprint density at radius 2 is 2.10 bits per heavy atom. The molecule has 0 spiro atoms. The standard InChI is InChI=1S/C12H15Cl2FN2O2S.ClH/c13-9-3-4-10(11(14)12(9)15)20(18,19)17-7-8-2-1-5-16-6-8;/h3-4,8,16-17H,1-2,5-7H2;1H. The van der Waals surface area contributed by atoms with Crippen LogP contribution < -0.4 is 10.0 Å². The van der Waals surface area contributed by atoms with Crippen LogP contribution in [-0.4, -0.2) is 28.1 Å². The Kier molecular flexibility index (Phi) is 7.16. The van der Waals surface area contributed by atoms with Crippen molar-refractivity contribution in [3.63, 3.8) is 0 Å². The second kappa shape index (κ2) is 7.94. The first kappa shape index (κ1) is 18.9. The molecular weight excluding hydrogens is 362 g/mol. The molecule has 0 amide bonds. The zero-order valence-electron chi connectivity index (χ0n) is 11.0. The fourth-order valence-electron chi connectivity index (χ4n) is 2.12. The Bertz CT molecular complexity index is 592. The number of piperidine rings is 1. The van der Waals surface area contributed by atoms with Crippen LogP contribution in [0.4, 0.5) is 4.39 Å². The summed E-state index contributed by atoms with van der Waals surface area (Å²) in [6, 6.07) is 2.38. The summed E-state index contributed by atoms with van der Waals surface area (Å²) in [4.78, 5) is -0.287. The van der Waals surface area contributed by atoms with Gasteiger partial charge in [-0.3, -0.25) is 0 Å². The van der Waals surface area contributed by atoms with Crippen LogP contribution in [0.25, 0.3) is 0 Å². The van der Waals surface area contributed by atoms with Gasteiger partial charge in [0.25, 0.3) is 0 Å². The van der Waals surface area contributed by atoms with Gasteiger partial charge in [-0.05, 0) is 44.0 Å². The van der Waals surface area contributed by atoms with Crippen molar-refractivity contribution in [3.05, 3.63) is 28.0 Å². The van der Waals surface area contributed by atoms with Crippen LogP contribution in [-0.2, 0) is 10.0 Å². The maximum atomic E-state index is 13.6. The third-order valence-electron chi connectivity index (χ3n) is 3.25. The molecule has 9 heteroatoms. The number of hydrogen-bond acceptors (Lipinski definition) is 3. The summed E-state index contributed by atoms with van der Waals surface area (Å²) in [5.41, 5.74) is 0. The normalized spacial score (nSPS) is 19.1. The largest absolute Gasteiger partial charge is 0.316 e. The van der Waals surface area contributed by atoms with Gasteiger partial charge in [-0.25, -0.2) is 17.5 Å². The maximum absolute atomic E-state index is 13.6. The van der Waals surface area contributed by atoms with E-state index in [2.05, 4.69) is 10.0 Å². The molecule has 2 rings (SSSR count). The van der Waals surface area contributed by atoms with E-state index in [1.807, 2.05) is 0 Å². The second-order valence-corrected chi connectivity index (χ2v) is 7.26. The Morgan fingerprint density at radius 1 is 1.38 bits per heavy atom. The molecule has 1 fully saturated rings. The maximum Gasteiger partial charge on any atom is 0.242 e. The highest BCUT2D eigenvalue weighted by molar-refractivity contribution is 7.89. The highest BCUT2D eigenvalue weighted by Gasteiger charge is 2.23. The summed E-state index contributed by atoms with van der Waals surface area (Å²) in [7, 11) is -3.84. The first-order chi connectivity index (χ1) is 9.42. The van der Waals surface area contributed by atoms with Crippen molar-refractivity contribution in [2.24, 2.45) is 5.92 Å². The molecule has 0 aliphatic carbocycles. The van der Waals surface area contributed by atoms with Crippen molar-refractivity contribution in [3.8, 4) is 0 Å². The van der Waals surface area contributed by atoms with E-state index in [0.29, 0.717) is 6.54 Å². The lowest BCUT2D eigenvalue weighted by Crippen LogP contribution is -2.38. The van der Waals surface area contributed by atoms with Crippen LogP contribution in [0.3, 0.4) is 0 Å². The van der Waals surface area contributed by atoms with Crippen molar-refractivity contribution >= 4 is 45.6 Å². The smallest absolute Gasteiger partial charge is 0.242 e. The van der Waals surface area contributed by atoms with Crippen molar-refractivity contribution in [2.45, 2.75) is 17.7 Å². The third-order valence-corrected chi connectivity index (χ3v) is 5.49. The first-order valence-corrected chi connectivity index (χ1v) is 8.49. The topological polar surface area (TPSA) is 58.2 Å². The third kappa shape index (κ3) is 4.68. The van der Waals surface area contributed by atoms with Crippen LogP contribution in [0, 0.1) is 11.7 Å². The van der Waals surface area contributed by atoms with Crippen molar-refractivity contribution in [1.29, 1.82) is 0 Å². The summed E-state index contributed by atoms with van der Waals surface area (Å²) in [5, 5.41) is 2.52. The zero-order chi connectivity index (χ0) is 14.8. The predicted molar refractivity (Wildman–Crippen MR) is 84.5 cm³/mol. The molecule has 4 nitrogen and oxygen atoms in total. The van der Waals surface area contributed by atoms with Gasteiger partial charge in [0.2, 0.25) is 10.0 Å². The molecule has 0 saturated carbocycles. The van der Waals surface area contributed by atoms with E-state index in [-0.39, 0.29) is 28.2 Å². The minimum atomic E-state index is -3.84. The molecule has 1 aliphatic heterocycles. The molecule has 1 aliphatic rings. The molecule has 2 N–H and O–H groups in total. The number of sulfonamides is 1. The zero-order valence-corrected chi connectivity index (χ0v) is 14.2. The van der Waals surface area contributed by atoms with E-state index in [1.54, 1.807) is 0 Å². The summed E-state index contributed by atoms with van der Waals surface area (Å²) in [6.07, 6.45) is 1.97. The Balaban J connectivity index is 0.00000220. The molecule has 1 aromatic rings. The lowest BCUT2D eigenvalue weighted by Gasteiger charge is -2.23. The van der Waals surface area contributed by atoms with Gasteiger partial charge >= 0.3 is 0 Å². The van der Waals surface area contributed by atoms with Gasteiger partial charge in [-0.2, -0.15) is 0 Å². The fourth-order valence-corrected chi connectivity index (χ4v) is 3.98.